The lowest BCUT2D eigenvalue weighted by atomic mass is 10.2. The third-order valence-corrected chi connectivity index (χ3v) is 6.70. The second-order valence-corrected chi connectivity index (χ2v) is 9.31. The molecule has 0 amide bonds. The first-order valence-corrected chi connectivity index (χ1v) is 11.7. The number of benzene rings is 1. The minimum absolute atomic E-state index is 0.0146. The van der Waals surface area contributed by atoms with Crippen LogP contribution in [0.25, 0.3) is 0 Å². The zero-order valence-corrected chi connectivity index (χ0v) is 17.8. The molecule has 0 aliphatic carbocycles. The van der Waals surface area contributed by atoms with Crippen LogP contribution in [0.1, 0.15) is 25.3 Å². The van der Waals surface area contributed by atoms with Gasteiger partial charge < -0.3 is 9.84 Å². The number of anilines is 1. The van der Waals surface area contributed by atoms with E-state index < -0.39 is 27.9 Å². The van der Waals surface area contributed by atoms with Crippen molar-refractivity contribution in [1.29, 1.82) is 0 Å². The van der Waals surface area contributed by atoms with Gasteiger partial charge in [0.15, 0.2) is 16.8 Å². The van der Waals surface area contributed by atoms with Gasteiger partial charge in [-0.05, 0) is 25.8 Å². The summed E-state index contributed by atoms with van der Waals surface area (Å²) in [5.74, 6) is -1.85. The molecule has 1 atom stereocenters. The monoisotopic (exact) mass is 460 g/mol. The van der Waals surface area contributed by atoms with Crippen LogP contribution < -0.4 is 9.46 Å². The first-order chi connectivity index (χ1) is 14.3. The maximum atomic E-state index is 13.9. The molecule has 8 nitrogen and oxygen atoms in total. The molecule has 0 unspecified atom stereocenters. The van der Waals surface area contributed by atoms with Gasteiger partial charge in [-0.3, -0.25) is 4.72 Å². The van der Waals surface area contributed by atoms with Crippen LogP contribution in [0.4, 0.5) is 14.6 Å². The molecule has 1 aromatic carbocycles. The summed E-state index contributed by atoms with van der Waals surface area (Å²) in [6.07, 6.45) is 0.988. The predicted octanol–water partition coefficient (Wildman–Crippen LogP) is 2.56. The molecule has 2 N–H and O–H groups in total. The average Bonchev–Trinajstić information content (AvgIpc) is 3.24. The number of thioether (sulfide) groups is 1. The zero-order chi connectivity index (χ0) is 21.7. The second kappa shape index (κ2) is 9.86. The van der Waals surface area contributed by atoms with Crippen LogP contribution in [0, 0.1) is 11.6 Å². The van der Waals surface area contributed by atoms with Gasteiger partial charge in [-0.15, -0.1) is 0 Å². The van der Waals surface area contributed by atoms with Crippen molar-refractivity contribution >= 4 is 27.8 Å². The van der Waals surface area contributed by atoms with Crippen molar-refractivity contribution in [1.82, 2.24) is 14.3 Å². The smallest absolute Gasteiger partial charge is 0.302 e. The Labute approximate surface area is 177 Å². The first-order valence-electron chi connectivity index (χ1n) is 9.28. The van der Waals surface area contributed by atoms with E-state index in [-0.39, 0.29) is 34.8 Å². The Morgan fingerprint density at radius 2 is 2.03 bits per heavy atom. The van der Waals surface area contributed by atoms with E-state index in [0.717, 1.165) is 30.7 Å². The topological polar surface area (TPSA) is 105 Å². The number of rotatable bonds is 9. The van der Waals surface area contributed by atoms with Crippen molar-refractivity contribution in [3.8, 4) is 5.88 Å². The molecular weight excluding hydrogens is 438 g/mol. The number of hydrogen-bond acceptors (Lipinski definition) is 7. The van der Waals surface area contributed by atoms with Gasteiger partial charge in [-0.1, -0.05) is 23.9 Å². The van der Waals surface area contributed by atoms with Crippen LogP contribution in [-0.2, 0) is 16.0 Å². The summed E-state index contributed by atoms with van der Waals surface area (Å²) in [5.41, 5.74) is 0.123. The molecule has 1 saturated heterocycles. The second-order valence-electron chi connectivity index (χ2n) is 6.70. The molecule has 3 rings (SSSR count). The van der Waals surface area contributed by atoms with E-state index in [4.69, 9.17) is 4.74 Å². The summed E-state index contributed by atoms with van der Waals surface area (Å²) in [4.78, 5) is 8.34. The maximum Gasteiger partial charge on any atom is 0.302 e. The average molecular weight is 461 g/mol. The molecule has 1 aliphatic heterocycles. The number of nitrogens with zero attached hydrogens (tertiary/aromatic N) is 3. The number of aromatic nitrogens is 2. The SMILES string of the molecule is C[C@H](CO)Oc1cc(NS(=O)(=O)N2CCCC2)nc(SCc2cccc(F)c2F)n1. The van der Waals surface area contributed by atoms with Gasteiger partial charge in [0.25, 0.3) is 0 Å². The Morgan fingerprint density at radius 3 is 2.73 bits per heavy atom. The van der Waals surface area contributed by atoms with Crippen molar-refractivity contribution in [2.24, 2.45) is 0 Å². The van der Waals surface area contributed by atoms with Gasteiger partial charge in [0.05, 0.1) is 6.61 Å². The highest BCUT2D eigenvalue weighted by Gasteiger charge is 2.26. The normalized spacial score (nSPS) is 15.9. The quantitative estimate of drug-likeness (QED) is 0.438. The summed E-state index contributed by atoms with van der Waals surface area (Å²) in [6, 6.07) is 5.17. The van der Waals surface area contributed by atoms with Crippen LogP contribution in [0.3, 0.4) is 0 Å². The third-order valence-electron chi connectivity index (χ3n) is 4.29. The summed E-state index contributed by atoms with van der Waals surface area (Å²) in [5, 5.41) is 9.32. The summed E-state index contributed by atoms with van der Waals surface area (Å²) in [6.45, 7) is 2.19. The fourth-order valence-electron chi connectivity index (χ4n) is 2.75. The van der Waals surface area contributed by atoms with Crippen LogP contribution in [0.15, 0.2) is 29.4 Å². The van der Waals surface area contributed by atoms with E-state index >= 15 is 0 Å². The molecule has 0 bridgehead atoms. The lowest BCUT2D eigenvalue weighted by Crippen LogP contribution is -2.33. The Hall–Kier alpha value is -2.02. The van der Waals surface area contributed by atoms with Crippen molar-refractivity contribution in [3.63, 3.8) is 0 Å². The highest BCUT2D eigenvalue weighted by atomic mass is 32.2. The lowest BCUT2D eigenvalue weighted by molar-refractivity contribution is 0.124. The Balaban J connectivity index is 1.83. The molecule has 1 aliphatic rings. The van der Waals surface area contributed by atoms with E-state index in [1.807, 2.05) is 0 Å². The standard InChI is InChI=1S/C18H22F2N4O4S2/c1-12(10-25)28-16-9-15(23-30(26,27)24-7-2-3-8-24)21-18(22-16)29-11-13-5-4-6-14(19)17(13)20/h4-6,9,12,25H,2-3,7-8,10-11H2,1H3,(H,21,22,23)/t12-/m1/s1. The molecule has 0 radical (unpaired) electrons. The lowest BCUT2D eigenvalue weighted by Gasteiger charge is -2.17. The van der Waals surface area contributed by atoms with Gasteiger partial charge in [0, 0.05) is 30.5 Å². The number of aliphatic hydroxyl groups excluding tert-OH is 1. The van der Waals surface area contributed by atoms with Gasteiger partial charge in [0.1, 0.15) is 11.9 Å². The van der Waals surface area contributed by atoms with Crippen LogP contribution in [-0.4, -0.2) is 53.6 Å². The molecular formula is C18H22F2N4O4S2. The van der Waals surface area contributed by atoms with E-state index in [2.05, 4.69) is 14.7 Å². The van der Waals surface area contributed by atoms with Crippen LogP contribution in [0.2, 0.25) is 0 Å². The molecule has 1 fully saturated rings. The zero-order valence-electron chi connectivity index (χ0n) is 16.2. The number of aliphatic hydroxyl groups is 1. The molecule has 12 heteroatoms. The van der Waals surface area contributed by atoms with Crippen molar-refractivity contribution in [2.45, 2.75) is 36.8 Å². The first kappa shape index (κ1) is 22.7. The number of nitrogens with one attached hydrogen (secondary N) is 1. The fraction of sp³-hybridized carbons (Fsp3) is 0.444. The number of ether oxygens (including phenoxy) is 1. The minimum Gasteiger partial charge on any atom is -0.472 e. The molecule has 0 spiro atoms. The van der Waals surface area contributed by atoms with Crippen LogP contribution >= 0.6 is 11.8 Å². The third kappa shape index (κ3) is 5.78. The van der Waals surface area contributed by atoms with Gasteiger partial charge in [-0.2, -0.15) is 17.7 Å². The molecule has 0 saturated carbocycles. The van der Waals surface area contributed by atoms with Gasteiger partial charge in [-0.25, -0.2) is 13.8 Å². The van der Waals surface area contributed by atoms with E-state index in [0.29, 0.717) is 13.1 Å². The maximum absolute atomic E-state index is 13.9. The molecule has 164 valence electrons. The van der Waals surface area contributed by atoms with Crippen molar-refractivity contribution in [3.05, 3.63) is 41.5 Å². The Morgan fingerprint density at radius 1 is 1.30 bits per heavy atom. The number of halogens is 2. The largest absolute Gasteiger partial charge is 0.472 e. The molecule has 1 aromatic heterocycles. The summed E-state index contributed by atoms with van der Waals surface area (Å²) < 4.78 is 61.6. The molecule has 30 heavy (non-hydrogen) atoms. The molecule has 2 aromatic rings. The van der Waals surface area contributed by atoms with E-state index in [9.17, 15) is 22.3 Å². The number of hydrogen-bond donors (Lipinski definition) is 2. The highest BCUT2D eigenvalue weighted by Crippen LogP contribution is 2.27. The fourth-order valence-corrected chi connectivity index (χ4v) is 4.81. The van der Waals surface area contributed by atoms with E-state index in [1.165, 1.54) is 22.5 Å². The Bertz CT molecular complexity index is 988. The van der Waals surface area contributed by atoms with Crippen LogP contribution in [0.5, 0.6) is 5.88 Å². The van der Waals surface area contributed by atoms with Gasteiger partial charge in [0.2, 0.25) is 5.88 Å². The highest BCUT2D eigenvalue weighted by molar-refractivity contribution is 7.98. The minimum atomic E-state index is -3.79. The Kier molecular flexibility index (Phi) is 7.45. The van der Waals surface area contributed by atoms with Crippen molar-refractivity contribution < 1.29 is 27.0 Å². The van der Waals surface area contributed by atoms with Crippen molar-refractivity contribution in [2.75, 3.05) is 24.4 Å². The van der Waals surface area contributed by atoms with Gasteiger partial charge >= 0.3 is 10.2 Å². The summed E-state index contributed by atoms with van der Waals surface area (Å²) in [7, 11) is -3.79. The predicted molar refractivity (Wildman–Crippen MR) is 108 cm³/mol. The summed E-state index contributed by atoms with van der Waals surface area (Å²) >= 11 is 0.998. The molecule has 2 heterocycles. The van der Waals surface area contributed by atoms with E-state index in [1.54, 1.807) is 6.92 Å².